The van der Waals surface area contributed by atoms with Gasteiger partial charge in [-0.1, -0.05) is 0 Å². The molecule has 0 aliphatic carbocycles. The van der Waals surface area contributed by atoms with Crippen LogP contribution < -0.4 is 10.2 Å². The molecule has 2 rings (SSSR count). The molecule has 1 saturated heterocycles. The van der Waals surface area contributed by atoms with Gasteiger partial charge >= 0.3 is 0 Å². The largest absolute Gasteiger partial charge is 0.387 e. The zero-order chi connectivity index (χ0) is 15.2. The highest BCUT2D eigenvalue weighted by atomic mass is 16.3. The lowest BCUT2D eigenvalue weighted by atomic mass is 10.2. The highest BCUT2D eigenvalue weighted by Gasteiger charge is 2.20. The van der Waals surface area contributed by atoms with E-state index < -0.39 is 19.1 Å². The normalized spacial score (nSPS) is 15.0. The van der Waals surface area contributed by atoms with Crippen molar-refractivity contribution in [1.29, 1.82) is 0 Å². The van der Waals surface area contributed by atoms with Gasteiger partial charge in [-0.25, -0.2) is 0 Å². The van der Waals surface area contributed by atoms with Crippen LogP contribution in [0.2, 0.25) is 0 Å². The van der Waals surface area contributed by atoms with E-state index in [4.69, 9.17) is 10.2 Å². The van der Waals surface area contributed by atoms with Crippen LogP contribution in [0.25, 0.3) is 0 Å². The summed E-state index contributed by atoms with van der Waals surface area (Å²) in [5.41, 5.74) is 1.64. The molecular weight excluding hydrogens is 274 g/mol. The van der Waals surface area contributed by atoms with E-state index in [0.29, 0.717) is 31.9 Å². The summed E-state index contributed by atoms with van der Waals surface area (Å²) in [7, 11) is 0. The molecule has 0 aromatic heterocycles. The van der Waals surface area contributed by atoms with Crippen LogP contribution in [0.3, 0.4) is 0 Å². The van der Waals surface area contributed by atoms with E-state index in [0.717, 1.165) is 5.69 Å². The average Bonchev–Trinajstić information content (AvgIpc) is 2.55. The van der Waals surface area contributed by atoms with E-state index in [1.54, 1.807) is 17.0 Å². The van der Waals surface area contributed by atoms with Gasteiger partial charge in [0.15, 0.2) is 0 Å². The predicted octanol–water partition coefficient (Wildman–Crippen LogP) is -0.742. The van der Waals surface area contributed by atoms with Crippen LogP contribution in [-0.2, 0) is 9.59 Å². The van der Waals surface area contributed by atoms with Crippen molar-refractivity contribution in [3.05, 3.63) is 24.3 Å². The number of carbonyl (C=O) groups is 2. The quantitative estimate of drug-likeness (QED) is 0.680. The molecule has 7 nitrogen and oxygen atoms in total. The number of rotatable bonds is 4. The van der Waals surface area contributed by atoms with E-state index in [9.17, 15) is 9.59 Å². The van der Waals surface area contributed by atoms with E-state index >= 15 is 0 Å². The second-order valence-corrected chi connectivity index (χ2v) is 4.78. The molecule has 2 amide bonds. The number of benzene rings is 1. The third-order valence-corrected chi connectivity index (χ3v) is 3.43. The lowest BCUT2D eigenvalue weighted by Crippen LogP contribution is -2.49. The number of carbonyl (C=O) groups excluding carboxylic acids is 2. The monoisotopic (exact) mass is 293 g/mol. The Kier molecular flexibility index (Phi) is 5.13. The standard InChI is InChI=1S/C14H19N3O4/c18-9-13(20)15-11-1-3-12(4-2-11)16-5-7-17(8-6-16)14(21)10-19/h1-4,18-19H,5-10H2,(H,15,20). The van der Waals surface area contributed by atoms with Gasteiger partial charge in [0.25, 0.3) is 0 Å². The Morgan fingerprint density at radius 1 is 1.00 bits per heavy atom. The van der Waals surface area contributed by atoms with Gasteiger partial charge in [-0.15, -0.1) is 0 Å². The van der Waals surface area contributed by atoms with Crippen LogP contribution in [0.15, 0.2) is 24.3 Å². The van der Waals surface area contributed by atoms with E-state index in [1.165, 1.54) is 0 Å². The molecule has 0 saturated carbocycles. The van der Waals surface area contributed by atoms with Crippen LogP contribution in [0.5, 0.6) is 0 Å². The molecule has 1 aromatic rings. The van der Waals surface area contributed by atoms with Crippen molar-refractivity contribution < 1.29 is 19.8 Å². The van der Waals surface area contributed by atoms with Gasteiger partial charge in [-0.2, -0.15) is 0 Å². The molecule has 3 N–H and O–H groups in total. The number of aliphatic hydroxyl groups is 2. The molecule has 1 aromatic carbocycles. The summed E-state index contributed by atoms with van der Waals surface area (Å²) in [4.78, 5) is 26.2. The maximum Gasteiger partial charge on any atom is 0.250 e. The number of hydrogen-bond donors (Lipinski definition) is 3. The number of nitrogens with one attached hydrogen (secondary N) is 1. The first-order valence-corrected chi connectivity index (χ1v) is 6.78. The minimum absolute atomic E-state index is 0.239. The molecule has 1 aliphatic rings. The molecule has 114 valence electrons. The first-order valence-electron chi connectivity index (χ1n) is 6.78. The van der Waals surface area contributed by atoms with Crippen molar-refractivity contribution in [3.8, 4) is 0 Å². The van der Waals surface area contributed by atoms with Gasteiger partial charge in [-0.3, -0.25) is 9.59 Å². The van der Waals surface area contributed by atoms with Gasteiger partial charge < -0.3 is 25.3 Å². The second-order valence-electron chi connectivity index (χ2n) is 4.78. The average molecular weight is 293 g/mol. The molecule has 1 aliphatic heterocycles. The van der Waals surface area contributed by atoms with Crippen molar-refractivity contribution in [1.82, 2.24) is 4.90 Å². The lowest BCUT2D eigenvalue weighted by molar-refractivity contribution is -0.134. The Balaban J connectivity index is 1.92. The van der Waals surface area contributed by atoms with Crippen LogP contribution in [-0.4, -0.2) is 66.3 Å². The Morgan fingerprint density at radius 3 is 2.14 bits per heavy atom. The van der Waals surface area contributed by atoms with Crippen LogP contribution in [0, 0.1) is 0 Å². The number of nitrogens with zero attached hydrogens (tertiary/aromatic N) is 2. The summed E-state index contributed by atoms with van der Waals surface area (Å²) < 4.78 is 0. The molecule has 1 heterocycles. The third kappa shape index (κ3) is 3.93. The fourth-order valence-electron chi connectivity index (χ4n) is 2.27. The molecule has 7 heteroatoms. The van der Waals surface area contributed by atoms with Crippen molar-refractivity contribution >= 4 is 23.2 Å². The summed E-state index contributed by atoms with van der Waals surface area (Å²) in [6, 6.07) is 7.31. The van der Waals surface area contributed by atoms with Crippen LogP contribution >= 0.6 is 0 Å². The summed E-state index contributed by atoms with van der Waals surface area (Å²) >= 11 is 0. The first-order chi connectivity index (χ1) is 10.1. The minimum atomic E-state index is -0.539. The van der Waals surface area contributed by atoms with Gasteiger partial charge in [0.1, 0.15) is 13.2 Å². The van der Waals surface area contributed by atoms with Gasteiger partial charge in [0.2, 0.25) is 11.8 Å². The Labute approximate surface area is 122 Å². The third-order valence-electron chi connectivity index (χ3n) is 3.43. The van der Waals surface area contributed by atoms with Gasteiger partial charge in [-0.05, 0) is 24.3 Å². The maximum absolute atomic E-state index is 11.4. The molecule has 1 fully saturated rings. The fourth-order valence-corrected chi connectivity index (χ4v) is 2.27. The summed E-state index contributed by atoms with van der Waals surface area (Å²) in [5, 5.41) is 20.1. The Hall–Kier alpha value is -2.12. The zero-order valence-corrected chi connectivity index (χ0v) is 11.7. The highest BCUT2D eigenvalue weighted by Crippen LogP contribution is 2.19. The maximum atomic E-state index is 11.4. The number of amides is 2. The number of piperazine rings is 1. The van der Waals surface area contributed by atoms with Gasteiger partial charge in [0.05, 0.1) is 0 Å². The molecule has 0 bridgehead atoms. The topological polar surface area (TPSA) is 93.1 Å². The smallest absolute Gasteiger partial charge is 0.250 e. The van der Waals surface area contributed by atoms with Gasteiger partial charge in [0, 0.05) is 37.6 Å². The minimum Gasteiger partial charge on any atom is -0.387 e. The predicted molar refractivity (Wildman–Crippen MR) is 78.0 cm³/mol. The molecule has 0 radical (unpaired) electrons. The SMILES string of the molecule is O=C(CO)Nc1ccc(N2CCN(C(=O)CO)CC2)cc1. The van der Waals surface area contributed by atoms with E-state index in [-0.39, 0.29) is 5.91 Å². The lowest BCUT2D eigenvalue weighted by Gasteiger charge is -2.35. The molecular formula is C14H19N3O4. The number of anilines is 2. The molecule has 0 spiro atoms. The molecule has 21 heavy (non-hydrogen) atoms. The van der Waals surface area contributed by atoms with Crippen molar-refractivity contribution in [3.63, 3.8) is 0 Å². The first kappa shape index (κ1) is 15.3. The highest BCUT2D eigenvalue weighted by molar-refractivity contribution is 5.91. The Bertz CT molecular complexity index is 495. The Morgan fingerprint density at radius 2 is 1.62 bits per heavy atom. The summed E-state index contributed by atoms with van der Waals surface area (Å²) in [5.74, 6) is -0.685. The summed E-state index contributed by atoms with van der Waals surface area (Å²) in [6.07, 6.45) is 0. The van der Waals surface area contributed by atoms with Crippen molar-refractivity contribution in [2.45, 2.75) is 0 Å². The summed E-state index contributed by atoms with van der Waals surface area (Å²) in [6.45, 7) is 1.59. The van der Waals surface area contributed by atoms with E-state index in [1.807, 2.05) is 12.1 Å². The van der Waals surface area contributed by atoms with E-state index in [2.05, 4.69) is 10.2 Å². The fraction of sp³-hybridized carbons (Fsp3) is 0.429. The van der Waals surface area contributed by atoms with Crippen molar-refractivity contribution in [2.24, 2.45) is 0 Å². The number of hydrogen-bond acceptors (Lipinski definition) is 5. The zero-order valence-electron chi connectivity index (χ0n) is 11.7. The van der Waals surface area contributed by atoms with Crippen LogP contribution in [0.4, 0.5) is 11.4 Å². The van der Waals surface area contributed by atoms with Crippen molar-refractivity contribution in [2.75, 3.05) is 49.6 Å². The van der Waals surface area contributed by atoms with Crippen LogP contribution in [0.1, 0.15) is 0 Å². The second kappa shape index (κ2) is 7.05. The molecule has 0 atom stereocenters. The number of aliphatic hydroxyl groups excluding tert-OH is 2. The molecule has 0 unspecified atom stereocenters.